The van der Waals surface area contributed by atoms with Crippen molar-refractivity contribution >= 4 is 40.8 Å². The number of carbonyl (C=O) groups excluding carboxylic acids is 1. The molecule has 0 saturated carbocycles. The molecule has 0 spiro atoms. The van der Waals surface area contributed by atoms with Gasteiger partial charge in [0.1, 0.15) is 5.03 Å². The molecule has 2 aromatic carbocycles. The summed E-state index contributed by atoms with van der Waals surface area (Å²) < 4.78 is 0. The van der Waals surface area contributed by atoms with Crippen LogP contribution in [0, 0.1) is 6.92 Å². The highest BCUT2D eigenvalue weighted by atomic mass is 35.5. The lowest BCUT2D eigenvalue weighted by atomic mass is 10.1. The van der Waals surface area contributed by atoms with E-state index in [1.54, 1.807) is 0 Å². The van der Waals surface area contributed by atoms with Crippen molar-refractivity contribution in [3.63, 3.8) is 0 Å². The molecule has 6 nitrogen and oxygen atoms in total. The van der Waals surface area contributed by atoms with E-state index in [2.05, 4.69) is 31.4 Å². The molecule has 0 unspecified atom stereocenters. The molecule has 0 radical (unpaired) electrons. The van der Waals surface area contributed by atoms with Gasteiger partial charge in [-0.05, 0) is 42.8 Å². The highest BCUT2D eigenvalue weighted by molar-refractivity contribution is 7.99. The Bertz CT molecular complexity index is 1040. The molecule has 1 saturated heterocycles. The number of rotatable bonds is 7. The van der Waals surface area contributed by atoms with E-state index in [4.69, 9.17) is 11.6 Å². The molecule has 1 fully saturated rings. The van der Waals surface area contributed by atoms with E-state index in [1.807, 2.05) is 61.5 Å². The number of benzene rings is 2. The smallest absolute Gasteiger partial charge is 0.230 e. The number of halogens is 1. The first-order valence-electron chi connectivity index (χ1n) is 10.6. The number of carbonyl (C=O) groups is 1. The lowest BCUT2D eigenvalue weighted by Crippen LogP contribution is -2.46. The lowest BCUT2D eigenvalue weighted by Gasteiger charge is -2.36. The summed E-state index contributed by atoms with van der Waals surface area (Å²) in [6, 6.07) is 20.0. The first-order chi connectivity index (χ1) is 15.6. The summed E-state index contributed by atoms with van der Waals surface area (Å²) in [7, 11) is 0. The first kappa shape index (κ1) is 22.4. The van der Waals surface area contributed by atoms with Crippen molar-refractivity contribution in [3.8, 4) is 0 Å². The van der Waals surface area contributed by atoms with Gasteiger partial charge in [-0.25, -0.2) is 0 Å². The molecular formula is C24H26ClN5OS. The van der Waals surface area contributed by atoms with Crippen LogP contribution in [0.5, 0.6) is 0 Å². The molecule has 8 heteroatoms. The van der Waals surface area contributed by atoms with Crippen LogP contribution in [-0.4, -0.2) is 48.0 Å². The highest BCUT2D eigenvalue weighted by Crippen LogP contribution is 2.23. The minimum Gasteiger partial charge on any atom is -0.368 e. The predicted molar refractivity (Wildman–Crippen MR) is 132 cm³/mol. The Morgan fingerprint density at radius 3 is 2.44 bits per heavy atom. The molecule has 32 heavy (non-hydrogen) atoms. The quantitative estimate of drug-likeness (QED) is 0.526. The zero-order valence-corrected chi connectivity index (χ0v) is 19.6. The van der Waals surface area contributed by atoms with E-state index in [1.165, 1.54) is 17.3 Å². The number of anilines is 2. The van der Waals surface area contributed by atoms with Gasteiger partial charge in [-0.2, -0.15) is 0 Å². The fourth-order valence-electron chi connectivity index (χ4n) is 3.52. The number of aromatic nitrogens is 2. The summed E-state index contributed by atoms with van der Waals surface area (Å²) in [5.41, 5.74) is 3.45. The van der Waals surface area contributed by atoms with E-state index in [-0.39, 0.29) is 5.91 Å². The standard InChI is InChI=1S/C24H26ClN5OS/c1-18-5-7-19(8-6-18)16-26-23(31)17-32-24-10-9-22(27-28-24)30-13-11-29(12-14-30)21-4-2-3-20(25)15-21/h2-10,15H,11-14,16-17H2,1H3,(H,26,31). The molecular weight excluding hydrogens is 442 g/mol. The number of piperazine rings is 1. The second-order valence-corrected chi connectivity index (χ2v) is 9.17. The van der Waals surface area contributed by atoms with Gasteiger partial charge in [0, 0.05) is 43.4 Å². The van der Waals surface area contributed by atoms with E-state index in [0.29, 0.717) is 12.3 Å². The normalized spacial score (nSPS) is 13.8. The molecule has 1 aliphatic heterocycles. The molecule has 1 aliphatic rings. The second kappa shape index (κ2) is 10.7. The van der Waals surface area contributed by atoms with Crippen LogP contribution in [-0.2, 0) is 11.3 Å². The number of amides is 1. The maximum absolute atomic E-state index is 12.1. The van der Waals surface area contributed by atoms with E-state index in [9.17, 15) is 4.79 Å². The lowest BCUT2D eigenvalue weighted by molar-refractivity contribution is -0.118. The fraction of sp³-hybridized carbons (Fsp3) is 0.292. The minimum atomic E-state index is -0.0152. The van der Waals surface area contributed by atoms with Gasteiger partial charge in [0.15, 0.2) is 5.82 Å². The maximum Gasteiger partial charge on any atom is 0.230 e. The Hall–Kier alpha value is -2.77. The highest BCUT2D eigenvalue weighted by Gasteiger charge is 2.19. The van der Waals surface area contributed by atoms with Gasteiger partial charge < -0.3 is 15.1 Å². The predicted octanol–water partition coefficient (Wildman–Crippen LogP) is 4.17. The van der Waals surface area contributed by atoms with Crippen LogP contribution in [0.4, 0.5) is 11.5 Å². The zero-order valence-electron chi connectivity index (χ0n) is 18.0. The minimum absolute atomic E-state index is 0.0152. The van der Waals surface area contributed by atoms with Crippen molar-refractivity contribution in [2.45, 2.75) is 18.5 Å². The van der Waals surface area contributed by atoms with Crippen LogP contribution < -0.4 is 15.1 Å². The van der Waals surface area contributed by atoms with Crippen LogP contribution in [0.15, 0.2) is 65.7 Å². The van der Waals surface area contributed by atoms with Gasteiger partial charge in [-0.1, -0.05) is 59.3 Å². The van der Waals surface area contributed by atoms with Crippen molar-refractivity contribution < 1.29 is 4.79 Å². The van der Waals surface area contributed by atoms with E-state index < -0.39 is 0 Å². The largest absolute Gasteiger partial charge is 0.368 e. The third kappa shape index (κ3) is 6.14. The summed E-state index contributed by atoms with van der Waals surface area (Å²) in [5, 5.41) is 13.1. The maximum atomic E-state index is 12.1. The van der Waals surface area contributed by atoms with Crippen molar-refractivity contribution in [1.29, 1.82) is 0 Å². The monoisotopic (exact) mass is 467 g/mol. The zero-order chi connectivity index (χ0) is 22.3. The first-order valence-corrected chi connectivity index (χ1v) is 12.0. The van der Waals surface area contributed by atoms with Gasteiger partial charge in [0.25, 0.3) is 0 Å². The number of nitrogens with one attached hydrogen (secondary N) is 1. The Morgan fingerprint density at radius 2 is 1.75 bits per heavy atom. The fourth-order valence-corrected chi connectivity index (χ4v) is 4.35. The summed E-state index contributed by atoms with van der Waals surface area (Å²) in [6.07, 6.45) is 0. The number of thioether (sulfide) groups is 1. The average Bonchev–Trinajstić information content (AvgIpc) is 2.83. The molecule has 0 aliphatic carbocycles. The Balaban J connectivity index is 1.22. The van der Waals surface area contributed by atoms with E-state index in [0.717, 1.165) is 53.3 Å². The molecule has 3 aromatic rings. The molecule has 166 valence electrons. The third-order valence-electron chi connectivity index (χ3n) is 5.36. The van der Waals surface area contributed by atoms with Gasteiger partial charge in [0.2, 0.25) is 5.91 Å². The SMILES string of the molecule is Cc1ccc(CNC(=O)CSc2ccc(N3CCN(c4cccc(Cl)c4)CC3)nn2)cc1. The van der Waals surface area contributed by atoms with Gasteiger partial charge in [-0.3, -0.25) is 4.79 Å². The van der Waals surface area contributed by atoms with Gasteiger partial charge >= 0.3 is 0 Å². The van der Waals surface area contributed by atoms with Crippen molar-refractivity contribution in [2.24, 2.45) is 0 Å². The average molecular weight is 468 g/mol. The number of hydrogen-bond donors (Lipinski definition) is 1. The summed E-state index contributed by atoms with van der Waals surface area (Å²) in [6.45, 7) is 6.13. The third-order valence-corrected chi connectivity index (χ3v) is 6.52. The van der Waals surface area contributed by atoms with Crippen LogP contribution in [0.1, 0.15) is 11.1 Å². The van der Waals surface area contributed by atoms with Crippen LogP contribution in [0.3, 0.4) is 0 Å². The van der Waals surface area contributed by atoms with Gasteiger partial charge in [0.05, 0.1) is 5.75 Å². The van der Waals surface area contributed by atoms with Crippen LogP contribution in [0.25, 0.3) is 0 Å². The van der Waals surface area contributed by atoms with E-state index >= 15 is 0 Å². The molecule has 4 rings (SSSR count). The van der Waals surface area contributed by atoms with Crippen molar-refractivity contribution in [2.75, 3.05) is 41.7 Å². The number of aryl methyl sites for hydroxylation is 1. The molecule has 1 aromatic heterocycles. The summed E-state index contributed by atoms with van der Waals surface area (Å²) in [5.74, 6) is 1.17. The summed E-state index contributed by atoms with van der Waals surface area (Å²) in [4.78, 5) is 16.7. The molecule has 0 bridgehead atoms. The Kier molecular flexibility index (Phi) is 7.50. The molecule has 0 atom stereocenters. The number of nitrogens with zero attached hydrogens (tertiary/aromatic N) is 4. The van der Waals surface area contributed by atoms with Crippen LogP contribution >= 0.6 is 23.4 Å². The topological polar surface area (TPSA) is 61.4 Å². The van der Waals surface area contributed by atoms with Crippen molar-refractivity contribution in [1.82, 2.24) is 15.5 Å². The molecule has 1 amide bonds. The Morgan fingerprint density at radius 1 is 1.00 bits per heavy atom. The molecule has 2 heterocycles. The summed E-state index contributed by atoms with van der Waals surface area (Å²) >= 11 is 7.51. The second-order valence-electron chi connectivity index (χ2n) is 7.73. The molecule has 1 N–H and O–H groups in total. The van der Waals surface area contributed by atoms with Crippen molar-refractivity contribution in [3.05, 3.63) is 76.8 Å². The number of hydrogen-bond acceptors (Lipinski definition) is 6. The Labute approximate surface area is 198 Å². The van der Waals surface area contributed by atoms with Crippen LogP contribution in [0.2, 0.25) is 5.02 Å². The van der Waals surface area contributed by atoms with Gasteiger partial charge in [-0.15, -0.1) is 10.2 Å².